The number of carbonyl (C=O) groups excluding carboxylic acids is 1. The predicted molar refractivity (Wildman–Crippen MR) is 52.2 cm³/mol. The van der Waals surface area contributed by atoms with Crippen LogP contribution in [0.25, 0.3) is 0 Å². The highest BCUT2D eigenvalue weighted by Crippen LogP contribution is 2.24. The third-order valence-corrected chi connectivity index (χ3v) is 2.31. The summed E-state index contributed by atoms with van der Waals surface area (Å²) in [6.07, 6.45) is 4.43. The summed E-state index contributed by atoms with van der Waals surface area (Å²) in [5.41, 5.74) is 10.8. The molecule has 0 saturated heterocycles. The van der Waals surface area contributed by atoms with Gasteiger partial charge in [0.05, 0.1) is 0 Å². The SMILES string of the molecule is NC(=O)c1nccnc1OC1CC(N)C1. The van der Waals surface area contributed by atoms with Gasteiger partial charge in [-0.3, -0.25) is 4.79 Å². The van der Waals surface area contributed by atoms with Crippen molar-refractivity contribution >= 4 is 5.91 Å². The zero-order chi connectivity index (χ0) is 10.8. The number of amides is 1. The first-order valence-corrected chi connectivity index (χ1v) is 4.70. The summed E-state index contributed by atoms with van der Waals surface area (Å²) in [6, 6.07) is 0.184. The number of carbonyl (C=O) groups is 1. The molecule has 1 amide bonds. The summed E-state index contributed by atoms with van der Waals surface area (Å²) in [5, 5.41) is 0. The van der Waals surface area contributed by atoms with Crippen LogP contribution in [0.2, 0.25) is 0 Å². The third-order valence-electron chi connectivity index (χ3n) is 2.31. The Balaban J connectivity index is 2.10. The molecule has 0 unspecified atom stereocenters. The van der Waals surface area contributed by atoms with Crippen LogP contribution in [0.1, 0.15) is 23.3 Å². The Bertz CT molecular complexity index is 376. The third kappa shape index (κ3) is 2.04. The van der Waals surface area contributed by atoms with Crippen LogP contribution in [0.15, 0.2) is 12.4 Å². The molecular weight excluding hydrogens is 196 g/mol. The molecular formula is C9H12N4O2. The van der Waals surface area contributed by atoms with Crippen LogP contribution in [0.3, 0.4) is 0 Å². The summed E-state index contributed by atoms with van der Waals surface area (Å²) < 4.78 is 5.46. The number of hydrogen-bond donors (Lipinski definition) is 2. The molecule has 2 rings (SSSR count). The van der Waals surface area contributed by atoms with E-state index < -0.39 is 5.91 Å². The van der Waals surface area contributed by atoms with Crippen LogP contribution in [0, 0.1) is 0 Å². The maximum absolute atomic E-state index is 11.0. The van der Waals surface area contributed by atoms with Crippen molar-refractivity contribution in [2.45, 2.75) is 25.0 Å². The molecule has 4 N–H and O–H groups in total. The van der Waals surface area contributed by atoms with Gasteiger partial charge in [-0.05, 0) is 12.8 Å². The normalized spacial score (nSPS) is 24.3. The molecule has 0 aliphatic heterocycles. The van der Waals surface area contributed by atoms with E-state index in [1.54, 1.807) is 0 Å². The van der Waals surface area contributed by atoms with Crippen LogP contribution in [0.5, 0.6) is 5.88 Å². The van der Waals surface area contributed by atoms with Crippen molar-refractivity contribution in [3.8, 4) is 5.88 Å². The highest BCUT2D eigenvalue weighted by molar-refractivity contribution is 5.92. The lowest BCUT2D eigenvalue weighted by Crippen LogP contribution is -2.43. The Morgan fingerprint density at radius 3 is 2.67 bits per heavy atom. The van der Waals surface area contributed by atoms with E-state index in [0.717, 1.165) is 12.8 Å². The summed E-state index contributed by atoms with van der Waals surface area (Å²) in [6.45, 7) is 0. The number of nitrogens with two attached hydrogens (primary N) is 2. The van der Waals surface area contributed by atoms with E-state index in [1.807, 2.05) is 0 Å². The van der Waals surface area contributed by atoms with E-state index in [4.69, 9.17) is 16.2 Å². The largest absolute Gasteiger partial charge is 0.473 e. The first-order chi connectivity index (χ1) is 7.16. The van der Waals surface area contributed by atoms with Crippen molar-refractivity contribution < 1.29 is 9.53 Å². The highest BCUT2D eigenvalue weighted by atomic mass is 16.5. The van der Waals surface area contributed by atoms with Crippen molar-refractivity contribution in [3.63, 3.8) is 0 Å². The van der Waals surface area contributed by atoms with Crippen LogP contribution in [-0.2, 0) is 0 Å². The highest BCUT2D eigenvalue weighted by Gasteiger charge is 2.29. The van der Waals surface area contributed by atoms with Crippen molar-refractivity contribution in [1.29, 1.82) is 0 Å². The Morgan fingerprint density at radius 2 is 2.07 bits per heavy atom. The van der Waals surface area contributed by atoms with Gasteiger partial charge in [0.1, 0.15) is 6.10 Å². The Morgan fingerprint density at radius 1 is 1.40 bits per heavy atom. The zero-order valence-corrected chi connectivity index (χ0v) is 8.09. The van der Waals surface area contributed by atoms with Crippen molar-refractivity contribution in [3.05, 3.63) is 18.1 Å². The Labute approximate surface area is 86.6 Å². The van der Waals surface area contributed by atoms with Crippen LogP contribution < -0.4 is 16.2 Å². The predicted octanol–water partition coefficient (Wildman–Crippen LogP) is -0.556. The van der Waals surface area contributed by atoms with E-state index in [1.165, 1.54) is 12.4 Å². The molecule has 1 saturated carbocycles. The monoisotopic (exact) mass is 208 g/mol. The maximum Gasteiger partial charge on any atom is 0.272 e. The van der Waals surface area contributed by atoms with Gasteiger partial charge in [-0.2, -0.15) is 0 Å². The summed E-state index contributed by atoms with van der Waals surface area (Å²) in [5.74, 6) is -0.441. The summed E-state index contributed by atoms with van der Waals surface area (Å²) in [7, 11) is 0. The van der Waals surface area contributed by atoms with Crippen molar-refractivity contribution in [2.24, 2.45) is 11.5 Å². The topological polar surface area (TPSA) is 104 Å². The van der Waals surface area contributed by atoms with Crippen LogP contribution in [-0.4, -0.2) is 28.0 Å². The minimum Gasteiger partial charge on any atom is -0.473 e. The molecule has 1 aliphatic carbocycles. The molecule has 0 aromatic carbocycles. The Kier molecular flexibility index (Phi) is 2.51. The molecule has 6 nitrogen and oxygen atoms in total. The molecule has 0 radical (unpaired) electrons. The lowest BCUT2D eigenvalue weighted by atomic mass is 9.90. The van der Waals surface area contributed by atoms with Gasteiger partial charge in [0.15, 0.2) is 5.69 Å². The number of hydrogen-bond acceptors (Lipinski definition) is 5. The van der Waals surface area contributed by atoms with Crippen molar-refractivity contribution in [1.82, 2.24) is 9.97 Å². The summed E-state index contributed by atoms with van der Waals surface area (Å²) in [4.78, 5) is 18.7. The van der Waals surface area contributed by atoms with Gasteiger partial charge in [0, 0.05) is 18.4 Å². The van der Waals surface area contributed by atoms with Crippen LogP contribution in [0.4, 0.5) is 0 Å². The van der Waals surface area contributed by atoms with E-state index >= 15 is 0 Å². The molecule has 1 aromatic rings. The zero-order valence-electron chi connectivity index (χ0n) is 8.09. The standard InChI is InChI=1S/C9H12N4O2/c10-5-3-6(4-5)15-9-7(8(11)14)12-1-2-13-9/h1-2,5-6H,3-4,10H2,(H2,11,14). The maximum atomic E-state index is 11.0. The van der Waals surface area contributed by atoms with E-state index in [0.29, 0.717) is 0 Å². The fraction of sp³-hybridized carbons (Fsp3) is 0.444. The second kappa shape index (κ2) is 3.82. The van der Waals surface area contributed by atoms with E-state index in [-0.39, 0.29) is 23.7 Å². The second-order valence-electron chi connectivity index (χ2n) is 3.55. The molecule has 0 atom stereocenters. The first-order valence-electron chi connectivity index (χ1n) is 4.70. The fourth-order valence-corrected chi connectivity index (χ4v) is 1.44. The number of aromatic nitrogens is 2. The molecule has 15 heavy (non-hydrogen) atoms. The molecule has 1 aromatic heterocycles. The molecule has 1 aliphatic rings. The van der Waals surface area contributed by atoms with Gasteiger partial charge < -0.3 is 16.2 Å². The fourth-order valence-electron chi connectivity index (χ4n) is 1.44. The van der Waals surface area contributed by atoms with Gasteiger partial charge in [-0.25, -0.2) is 9.97 Å². The van der Waals surface area contributed by atoms with E-state index in [9.17, 15) is 4.79 Å². The molecule has 80 valence electrons. The van der Waals surface area contributed by atoms with Gasteiger partial charge in [-0.15, -0.1) is 0 Å². The molecule has 0 bridgehead atoms. The molecule has 1 heterocycles. The second-order valence-corrected chi connectivity index (χ2v) is 3.55. The molecule has 0 spiro atoms. The van der Waals surface area contributed by atoms with Gasteiger partial charge in [-0.1, -0.05) is 0 Å². The van der Waals surface area contributed by atoms with Gasteiger partial charge in [0.2, 0.25) is 5.88 Å². The number of nitrogens with zero attached hydrogens (tertiary/aromatic N) is 2. The van der Waals surface area contributed by atoms with E-state index in [2.05, 4.69) is 9.97 Å². The quantitative estimate of drug-likeness (QED) is 0.693. The van der Waals surface area contributed by atoms with Crippen molar-refractivity contribution in [2.75, 3.05) is 0 Å². The number of rotatable bonds is 3. The minimum atomic E-state index is -0.637. The molecule has 1 fully saturated rings. The van der Waals surface area contributed by atoms with Gasteiger partial charge in [0.25, 0.3) is 5.91 Å². The lowest BCUT2D eigenvalue weighted by Gasteiger charge is -2.32. The smallest absolute Gasteiger partial charge is 0.272 e. The Hall–Kier alpha value is -1.69. The average molecular weight is 208 g/mol. The molecule has 6 heteroatoms. The first kappa shape index (κ1) is 9.85. The minimum absolute atomic E-state index is 0.0230. The number of primary amides is 1. The van der Waals surface area contributed by atoms with Gasteiger partial charge >= 0.3 is 0 Å². The lowest BCUT2D eigenvalue weighted by molar-refractivity contribution is 0.0886. The van der Waals surface area contributed by atoms with Crippen LogP contribution >= 0.6 is 0 Å². The number of ether oxygens (including phenoxy) is 1. The summed E-state index contributed by atoms with van der Waals surface area (Å²) >= 11 is 0. The average Bonchev–Trinajstić information content (AvgIpc) is 2.16.